The second-order valence-electron chi connectivity index (χ2n) is 3.45. The molecule has 72 valence electrons. The van der Waals surface area contributed by atoms with Crippen LogP contribution in [-0.2, 0) is 0 Å². The lowest BCUT2D eigenvalue weighted by atomic mass is 10.1. The van der Waals surface area contributed by atoms with Crippen molar-refractivity contribution in [1.29, 1.82) is 0 Å². The smallest absolute Gasteiger partial charge is 0.0724 e. The molecule has 12 heavy (non-hydrogen) atoms. The number of hydrogen-bond donors (Lipinski definition) is 2. The molecule has 0 aromatic rings. The van der Waals surface area contributed by atoms with Gasteiger partial charge in [0.25, 0.3) is 0 Å². The van der Waals surface area contributed by atoms with Gasteiger partial charge in [0.15, 0.2) is 0 Å². The maximum Gasteiger partial charge on any atom is 0.0724 e. The minimum atomic E-state index is -0.392. The van der Waals surface area contributed by atoms with Gasteiger partial charge in [-0.2, -0.15) is 0 Å². The van der Waals surface area contributed by atoms with Crippen LogP contribution in [0.25, 0.3) is 0 Å². The van der Waals surface area contributed by atoms with Gasteiger partial charge in [-0.05, 0) is 33.1 Å². The van der Waals surface area contributed by atoms with Crippen LogP contribution in [0, 0.1) is 0 Å². The van der Waals surface area contributed by atoms with E-state index >= 15 is 0 Å². The zero-order chi connectivity index (χ0) is 9.56. The average Bonchev–Trinajstić information content (AvgIpc) is 1.99. The molecule has 0 heterocycles. The summed E-state index contributed by atoms with van der Waals surface area (Å²) in [6.45, 7) is 5.86. The van der Waals surface area contributed by atoms with Crippen LogP contribution in [0.4, 0.5) is 0 Å². The molecule has 0 saturated heterocycles. The molecule has 0 aliphatic heterocycles. The van der Waals surface area contributed by atoms with Gasteiger partial charge in [-0.25, -0.2) is 0 Å². The van der Waals surface area contributed by atoms with Crippen LogP contribution < -0.4 is 0 Å². The maximum atomic E-state index is 9.38. The summed E-state index contributed by atoms with van der Waals surface area (Å²) in [4.78, 5) is 0. The van der Waals surface area contributed by atoms with Crippen molar-refractivity contribution in [3.63, 3.8) is 0 Å². The van der Waals surface area contributed by atoms with Crippen LogP contribution in [-0.4, -0.2) is 22.4 Å². The van der Waals surface area contributed by atoms with E-state index in [-0.39, 0.29) is 6.10 Å². The molecule has 0 aromatic carbocycles. The van der Waals surface area contributed by atoms with Gasteiger partial charge in [0, 0.05) is 0 Å². The van der Waals surface area contributed by atoms with Gasteiger partial charge in [-0.15, -0.1) is 0 Å². The molecule has 0 spiro atoms. The Morgan fingerprint density at radius 1 is 1.25 bits per heavy atom. The summed E-state index contributed by atoms with van der Waals surface area (Å²) in [7, 11) is 0. The highest BCUT2D eigenvalue weighted by Gasteiger charge is 2.04. The summed E-state index contributed by atoms with van der Waals surface area (Å²) < 4.78 is 0. The van der Waals surface area contributed by atoms with Crippen molar-refractivity contribution in [2.75, 3.05) is 0 Å². The van der Waals surface area contributed by atoms with Crippen LogP contribution in [0.2, 0.25) is 0 Å². The molecule has 2 heteroatoms. The van der Waals surface area contributed by atoms with Crippen molar-refractivity contribution in [1.82, 2.24) is 0 Å². The third kappa shape index (κ3) is 6.38. The highest BCUT2D eigenvalue weighted by Crippen LogP contribution is 2.06. The second-order valence-corrected chi connectivity index (χ2v) is 3.45. The number of rotatable bonds is 5. The number of hydrogen-bond acceptors (Lipinski definition) is 2. The molecular weight excluding hydrogens is 152 g/mol. The molecule has 0 aliphatic carbocycles. The first-order chi connectivity index (χ1) is 5.56. The van der Waals surface area contributed by atoms with Crippen LogP contribution in [0.15, 0.2) is 11.6 Å². The van der Waals surface area contributed by atoms with Gasteiger partial charge >= 0.3 is 0 Å². The van der Waals surface area contributed by atoms with Crippen molar-refractivity contribution >= 4 is 0 Å². The first kappa shape index (κ1) is 11.7. The van der Waals surface area contributed by atoms with Gasteiger partial charge in [0.05, 0.1) is 12.2 Å². The van der Waals surface area contributed by atoms with Crippen molar-refractivity contribution < 1.29 is 10.2 Å². The standard InChI is InChI=1S/C10H20O2/c1-4-9(11)5-6-10(12)7-8(2)3/h7,9-12H,4-6H2,1-3H3. The fourth-order valence-electron chi connectivity index (χ4n) is 1.04. The van der Waals surface area contributed by atoms with E-state index in [1.54, 1.807) is 0 Å². The van der Waals surface area contributed by atoms with E-state index < -0.39 is 6.10 Å². The lowest BCUT2D eigenvalue weighted by molar-refractivity contribution is 0.130. The molecule has 0 aliphatic rings. The summed E-state index contributed by atoms with van der Waals surface area (Å²) in [5.74, 6) is 0. The summed E-state index contributed by atoms with van der Waals surface area (Å²) in [6, 6.07) is 0. The van der Waals surface area contributed by atoms with Crippen LogP contribution >= 0.6 is 0 Å². The molecule has 2 unspecified atom stereocenters. The van der Waals surface area contributed by atoms with E-state index in [0.29, 0.717) is 12.8 Å². The molecule has 0 rings (SSSR count). The molecule has 0 saturated carbocycles. The molecule has 0 fully saturated rings. The van der Waals surface area contributed by atoms with Crippen molar-refractivity contribution in [2.45, 2.75) is 52.2 Å². The third-order valence-electron chi connectivity index (χ3n) is 1.79. The van der Waals surface area contributed by atoms with Gasteiger partial charge in [-0.3, -0.25) is 0 Å². The minimum Gasteiger partial charge on any atom is -0.393 e. The Bertz CT molecular complexity index is 137. The fourth-order valence-corrected chi connectivity index (χ4v) is 1.04. The Morgan fingerprint density at radius 3 is 2.25 bits per heavy atom. The van der Waals surface area contributed by atoms with Crippen molar-refractivity contribution in [3.05, 3.63) is 11.6 Å². The normalized spacial score (nSPS) is 15.4. The van der Waals surface area contributed by atoms with Gasteiger partial charge in [-0.1, -0.05) is 18.6 Å². The Labute approximate surface area is 74.9 Å². The van der Waals surface area contributed by atoms with E-state index in [2.05, 4.69) is 0 Å². The second kappa shape index (κ2) is 6.21. The molecule has 0 amide bonds. The summed E-state index contributed by atoms with van der Waals surface area (Å²) in [6.07, 6.45) is 3.27. The first-order valence-corrected chi connectivity index (χ1v) is 4.57. The Hall–Kier alpha value is -0.340. The number of aliphatic hydroxyl groups is 2. The zero-order valence-electron chi connectivity index (χ0n) is 8.25. The van der Waals surface area contributed by atoms with Crippen molar-refractivity contribution in [3.8, 4) is 0 Å². The zero-order valence-corrected chi connectivity index (χ0v) is 8.25. The molecule has 2 N–H and O–H groups in total. The van der Waals surface area contributed by atoms with Crippen molar-refractivity contribution in [2.24, 2.45) is 0 Å². The quantitative estimate of drug-likeness (QED) is 0.621. The molecule has 0 bridgehead atoms. The summed E-state index contributed by atoms with van der Waals surface area (Å²) in [5.41, 5.74) is 1.12. The molecule has 0 radical (unpaired) electrons. The van der Waals surface area contributed by atoms with Gasteiger partial charge in [0.1, 0.15) is 0 Å². The van der Waals surface area contributed by atoms with E-state index in [1.165, 1.54) is 0 Å². The molecular formula is C10H20O2. The van der Waals surface area contributed by atoms with Gasteiger partial charge in [0.2, 0.25) is 0 Å². The molecule has 2 nitrogen and oxygen atoms in total. The average molecular weight is 172 g/mol. The molecule has 0 aromatic heterocycles. The summed E-state index contributed by atoms with van der Waals surface area (Å²) in [5, 5.41) is 18.6. The minimum absolute atomic E-state index is 0.259. The lowest BCUT2D eigenvalue weighted by Gasteiger charge is -2.09. The van der Waals surface area contributed by atoms with E-state index in [1.807, 2.05) is 26.8 Å². The largest absolute Gasteiger partial charge is 0.393 e. The predicted octanol–water partition coefficient (Wildman–Crippen LogP) is 1.86. The van der Waals surface area contributed by atoms with Crippen LogP contribution in [0.5, 0.6) is 0 Å². The number of allylic oxidation sites excluding steroid dienone is 1. The Kier molecular flexibility index (Phi) is 6.03. The molecule has 2 atom stereocenters. The van der Waals surface area contributed by atoms with Crippen LogP contribution in [0.1, 0.15) is 40.0 Å². The van der Waals surface area contributed by atoms with Gasteiger partial charge < -0.3 is 10.2 Å². The lowest BCUT2D eigenvalue weighted by Crippen LogP contribution is -2.10. The summed E-state index contributed by atoms with van der Waals surface area (Å²) >= 11 is 0. The Morgan fingerprint density at radius 2 is 1.83 bits per heavy atom. The van der Waals surface area contributed by atoms with Crippen LogP contribution in [0.3, 0.4) is 0 Å². The van der Waals surface area contributed by atoms with E-state index in [4.69, 9.17) is 0 Å². The topological polar surface area (TPSA) is 40.5 Å². The van der Waals surface area contributed by atoms with E-state index in [0.717, 1.165) is 12.0 Å². The maximum absolute atomic E-state index is 9.38. The SMILES string of the molecule is CCC(O)CCC(O)C=C(C)C. The highest BCUT2D eigenvalue weighted by molar-refractivity contribution is 4.97. The van der Waals surface area contributed by atoms with E-state index in [9.17, 15) is 10.2 Å². The fraction of sp³-hybridized carbons (Fsp3) is 0.800. The number of aliphatic hydroxyl groups excluding tert-OH is 2. The Balaban J connectivity index is 3.57. The monoisotopic (exact) mass is 172 g/mol. The third-order valence-corrected chi connectivity index (χ3v) is 1.79. The predicted molar refractivity (Wildman–Crippen MR) is 51.0 cm³/mol. The first-order valence-electron chi connectivity index (χ1n) is 4.57. The highest BCUT2D eigenvalue weighted by atomic mass is 16.3.